The van der Waals surface area contributed by atoms with Gasteiger partial charge in [0.1, 0.15) is 5.76 Å². The molecule has 0 aliphatic rings. The lowest BCUT2D eigenvalue weighted by molar-refractivity contribution is 0.173. The number of halogens is 1. The highest BCUT2D eigenvalue weighted by atomic mass is 127. The molecule has 0 fully saturated rings. The Kier molecular flexibility index (Phi) is 12.2. The van der Waals surface area contributed by atoms with Gasteiger partial charge in [0.25, 0.3) is 0 Å². The van der Waals surface area contributed by atoms with Crippen molar-refractivity contribution in [2.45, 2.75) is 52.6 Å². The highest BCUT2D eigenvalue weighted by molar-refractivity contribution is 14.0. The zero-order valence-electron chi connectivity index (χ0n) is 15.1. The Balaban J connectivity index is 0.00000484. The molecule has 2 N–H and O–H groups in total. The Hall–Kier alpha value is -0.760. The van der Waals surface area contributed by atoms with Gasteiger partial charge in [-0.15, -0.1) is 24.0 Å². The molecule has 6 heteroatoms. The molecule has 0 atom stereocenters. The van der Waals surface area contributed by atoms with Crippen LogP contribution in [-0.4, -0.2) is 49.6 Å². The Morgan fingerprint density at radius 3 is 2.35 bits per heavy atom. The summed E-state index contributed by atoms with van der Waals surface area (Å²) in [6.07, 6.45) is 3.68. The van der Waals surface area contributed by atoms with Gasteiger partial charge in [0, 0.05) is 45.2 Å². The minimum atomic E-state index is 0. The number of hydrogen-bond donors (Lipinski definition) is 2. The van der Waals surface area contributed by atoms with Crippen LogP contribution in [0.1, 0.15) is 39.9 Å². The SMILES string of the molecule is CN=C(NCCCN(C(C)C)C(C)C)NCCc1ccco1.I. The van der Waals surface area contributed by atoms with Crippen LogP contribution in [-0.2, 0) is 6.42 Å². The fraction of sp³-hybridized carbons (Fsp3) is 0.706. The number of guanidine groups is 1. The number of rotatable bonds is 9. The van der Waals surface area contributed by atoms with Crippen molar-refractivity contribution >= 4 is 29.9 Å². The molecule has 5 nitrogen and oxygen atoms in total. The van der Waals surface area contributed by atoms with Crippen LogP contribution in [0.3, 0.4) is 0 Å². The van der Waals surface area contributed by atoms with E-state index in [0.717, 1.165) is 44.2 Å². The highest BCUT2D eigenvalue weighted by Crippen LogP contribution is 2.05. The first kappa shape index (κ1) is 22.2. The highest BCUT2D eigenvalue weighted by Gasteiger charge is 2.12. The maximum absolute atomic E-state index is 5.31. The smallest absolute Gasteiger partial charge is 0.190 e. The topological polar surface area (TPSA) is 52.8 Å². The molecule has 23 heavy (non-hydrogen) atoms. The summed E-state index contributed by atoms with van der Waals surface area (Å²) < 4.78 is 5.31. The van der Waals surface area contributed by atoms with Crippen molar-refractivity contribution in [2.24, 2.45) is 4.99 Å². The van der Waals surface area contributed by atoms with E-state index >= 15 is 0 Å². The molecule has 0 amide bonds. The molecule has 0 spiro atoms. The van der Waals surface area contributed by atoms with Crippen LogP contribution < -0.4 is 10.6 Å². The van der Waals surface area contributed by atoms with E-state index in [1.54, 1.807) is 13.3 Å². The van der Waals surface area contributed by atoms with Crippen molar-refractivity contribution in [1.82, 2.24) is 15.5 Å². The van der Waals surface area contributed by atoms with E-state index in [4.69, 9.17) is 4.42 Å². The minimum Gasteiger partial charge on any atom is -0.469 e. The van der Waals surface area contributed by atoms with Crippen molar-refractivity contribution in [3.05, 3.63) is 24.2 Å². The van der Waals surface area contributed by atoms with Crippen LogP contribution in [0.25, 0.3) is 0 Å². The van der Waals surface area contributed by atoms with Gasteiger partial charge in [-0.2, -0.15) is 0 Å². The van der Waals surface area contributed by atoms with E-state index in [1.165, 1.54) is 0 Å². The molecule has 0 bridgehead atoms. The van der Waals surface area contributed by atoms with Gasteiger partial charge in [-0.25, -0.2) is 0 Å². The second-order valence-electron chi connectivity index (χ2n) is 6.03. The van der Waals surface area contributed by atoms with Gasteiger partial charge in [-0.05, 0) is 46.2 Å². The quantitative estimate of drug-likeness (QED) is 0.270. The van der Waals surface area contributed by atoms with Crippen LogP contribution in [0.4, 0.5) is 0 Å². The van der Waals surface area contributed by atoms with E-state index in [0.29, 0.717) is 12.1 Å². The summed E-state index contributed by atoms with van der Waals surface area (Å²) in [4.78, 5) is 6.75. The molecule has 0 radical (unpaired) electrons. The van der Waals surface area contributed by atoms with Crippen molar-refractivity contribution < 1.29 is 4.42 Å². The maximum Gasteiger partial charge on any atom is 0.190 e. The summed E-state index contributed by atoms with van der Waals surface area (Å²) in [5.41, 5.74) is 0. The lowest BCUT2D eigenvalue weighted by atomic mass is 10.2. The number of hydrogen-bond acceptors (Lipinski definition) is 3. The van der Waals surface area contributed by atoms with Gasteiger partial charge < -0.3 is 15.1 Å². The van der Waals surface area contributed by atoms with Gasteiger partial charge in [0.15, 0.2) is 5.96 Å². The average Bonchev–Trinajstić information content (AvgIpc) is 2.97. The van der Waals surface area contributed by atoms with Gasteiger partial charge >= 0.3 is 0 Å². The third-order valence-electron chi connectivity index (χ3n) is 3.68. The first-order chi connectivity index (χ1) is 10.5. The largest absolute Gasteiger partial charge is 0.469 e. The Bertz CT molecular complexity index is 410. The van der Waals surface area contributed by atoms with Crippen LogP contribution in [0, 0.1) is 0 Å². The Morgan fingerprint density at radius 1 is 1.17 bits per heavy atom. The van der Waals surface area contributed by atoms with Crippen molar-refractivity contribution in [1.29, 1.82) is 0 Å². The Labute approximate surface area is 158 Å². The molecule has 0 aromatic carbocycles. The Morgan fingerprint density at radius 2 is 1.83 bits per heavy atom. The zero-order chi connectivity index (χ0) is 16.4. The van der Waals surface area contributed by atoms with Gasteiger partial charge in [0.05, 0.1) is 6.26 Å². The molecule has 1 aromatic heterocycles. The summed E-state index contributed by atoms with van der Waals surface area (Å²) in [7, 11) is 1.80. The summed E-state index contributed by atoms with van der Waals surface area (Å²) in [5.74, 6) is 1.85. The van der Waals surface area contributed by atoms with Gasteiger partial charge in [0.2, 0.25) is 0 Å². The van der Waals surface area contributed by atoms with E-state index < -0.39 is 0 Å². The molecular weight excluding hydrogens is 403 g/mol. The predicted octanol–water partition coefficient (Wildman–Crippen LogP) is 3.11. The van der Waals surface area contributed by atoms with Crippen LogP contribution in [0.5, 0.6) is 0 Å². The molecule has 0 unspecified atom stereocenters. The first-order valence-electron chi connectivity index (χ1n) is 8.27. The standard InChI is InChI=1S/C17H32N4O.HI/c1-14(2)21(15(3)4)12-7-10-19-17(18-5)20-11-9-16-8-6-13-22-16;/h6,8,13-15H,7,9-12H2,1-5H3,(H2,18,19,20);1H. The number of nitrogens with one attached hydrogen (secondary N) is 2. The summed E-state index contributed by atoms with van der Waals surface area (Å²) >= 11 is 0. The zero-order valence-corrected chi connectivity index (χ0v) is 17.5. The molecule has 134 valence electrons. The fourth-order valence-electron chi connectivity index (χ4n) is 2.56. The molecule has 0 aliphatic carbocycles. The molecule has 0 saturated heterocycles. The molecular formula is C17H33IN4O. The molecule has 1 rings (SSSR count). The first-order valence-corrected chi connectivity index (χ1v) is 8.27. The molecule has 0 saturated carbocycles. The summed E-state index contributed by atoms with van der Waals surface area (Å²) in [6.45, 7) is 11.9. The van der Waals surface area contributed by atoms with Crippen LogP contribution >= 0.6 is 24.0 Å². The third kappa shape index (κ3) is 9.20. The summed E-state index contributed by atoms with van der Waals surface area (Å²) in [6, 6.07) is 5.08. The molecule has 0 aliphatic heterocycles. The van der Waals surface area contributed by atoms with Gasteiger partial charge in [-0.1, -0.05) is 0 Å². The molecule has 1 aromatic rings. The third-order valence-corrected chi connectivity index (χ3v) is 3.68. The maximum atomic E-state index is 5.31. The lowest BCUT2D eigenvalue weighted by Crippen LogP contribution is -2.41. The minimum absolute atomic E-state index is 0. The predicted molar refractivity (Wildman–Crippen MR) is 109 cm³/mol. The number of aliphatic imine (C=N–C) groups is 1. The van der Waals surface area contributed by atoms with E-state index in [9.17, 15) is 0 Å². The van der Waals surface area contributed by atoms with Crippen LogP contribution in [0.2, 0.25) is 0 Å². The van der Waals surface area contributed by atoms with E-state index in [-0.39, 0.29) is 24.0 Å². The lowest BCUT2D eigenvalue weighted by Gasteiger charge is -2.30. The number of nitrogens with zero attached hydrogens (tertiary/aromatic N) is 2. The van der Waals surface area contributed by atoms with E-state index in [2.05, 4.69) is 48.2 Å². The molecule has 1 heterocycles. The van der Waals surface area contributed by atoms with E-state index in [1.807, 2.05) is 12.1 Å². The normalized spacial score (nSPS) is 11.9. The summed E-state index contributed by atoms with van der Waals surface area (Å²) in [5, 5.41) is 6.67. The second-order valence-corrected chi connectivity index (χ2v) is 6.03. The number of furan rings is 1. The monoisotopic (exact) mass is 436 g/mol. The van der Waals surface area contributed by atoms with Crippen molar-refractivity contribution in [3.63, 3.8) is 0 Å². The van der Waals surface area contributed by atoms with Crippen LogP contribution in [0.15, 0.2) is 27.8 Å². The second kappa shape index (κ2) is 12.6. The van der Waals surface area contributed by atoms with Gasteiger partial charge in [-0.3, -0.25) is 9.89 Å². The van der Waals surface area contributed by atoms with Crippen molar-refractivity contribution in [3.8, 4) is 0 Å². The fourth-order valence-corrected chi connectivity index (χ4v) is 2.56. The average molecular weight is 436 g/mol. The van der Waals surface area contributed by atoms with Crippen molar-refractivity contribution in [2.75, 3.05) is 26.7 Å².